The molecule has 2 aliphatic rings. The van der Waals surface area contributed by atoms with E-state index in [4.69, 9.17) is 0 Å². The molecular weight excluding hydrogens is 364 g/mol. The summed E-state index contributed by atoms with van der Waals surface area (Å²) < 4.78 is 27.5. The molecule has 1 N–H and O–H groups in total. The van der Waals surface area contributed by atoms with Crippen LogP contribution in [-0.2, 0) is 11.3 Å². The lowest BCUT2D eigenvalue weighted by Gasteiger charge is -2.41. The molecule has 156 valence electrons. The van der Waals surface area contributed by atoms with Crippen molar-refractivity contribution in [1.82, 2.24) is 14.7 Å². The average Bonchev–Trinajstić information content (AvgIpc) is 2.64. The highest BCUT2D eigenvalue weighted by Gasteiger charge is 2.43. The molecule has 0 radical (unpaired) electrons. The van der Waals surface area contributed by atoms with Crippen LogP contribution in [0.5, 0.6) is 0 Å². The van der Waals surface area contributed by atoms with E-state index in [9.17, 15) is 18.7 Å². The highest BCUT2D eigenvalue weighted by molar-refractivity contribution is 5.86. The van der Waals surface area contributed by atoms with Gasteiger partial charge in [-0.1, -0.05) is 12.1 Å². The third-order valence-corrected chi connectivity index (χ3v) is 6.04. The van der Waals surface area contributed by atoms with Crippen LogP contribution in [0.25, 0.3) is 0 Å². The second kappa shape index (κ2) is 8.84. The topological polar surface area (TPSA) is 47.0 Å². The summed E-state index contributed by atoms with van der Waals surface area (Å²) in [7, 11) is 4.06. The van der Waals surface area contributed by atoms with Crippen LogP contribution >= 0.6 is 0 Å². The van der Waals surface area contributed by atoms with Crippen LogP contribution in [0.3, 0.4) is 0 Å². The van der Waals surface area contributed by atoms with Gasteiger partial charge in [0, 0.05) is 31.7 Å². The molecule has 1 atom stereocenters. The van der Waals surface area contributed by atoms with Gasteiger partial charge in [-0.2, -0.15) is 0 Å². The van der Waals surface area contributed by atoms with Crippen LogP contribution < -0.4 is 0 Å². The quantitative estimate of drug-likeness (QED) is 0.801. The van der Waals surface area contributed by atoms with Crippen molar-refractivity contribution in [2.24, 2.45) is 5.92 Å². The predicted molar refractivity (Wildman–Crippen MR) is 104 cm³/mol. The first-order valence-electron chi connectivity index (χ1n) is 10.1. The second-order valence-electron chi connectivity index (χ2n) is 8.52. The minimum Gasteiger partial charge on any atom is -0.379 e. The summed E-state index contributed by atoms with van der Waals surface area (Å²) in [5.41, 5.74) is -1.33. The molecule has 0 bridgehead atoms. The van der Waals surface area contributed by atoms with Gasteiger partial charge in [0.25, 0.3) is 5.91 Å². The monoisotopic (exact) mass is 395 g/mol. The third kappa shape index (κ3) is 4.88. The van der Waals surface area contributed by atoms with E-state index in [1.807, 2.05) is 11.9 Å². The normalized spacial score (nSPS) is 24.9. The third-order valence-electron chi connectivity index (χ3n) is 6.04. The zero-order chi connectivity index (χ0) is 20.3. The second-order valence-corrected chi connectivity index (χ2v) is 8.52. The van der Waals surface area contributed by atoms with Crippen LogP contribution in [0.4, 0.5) is 8.78 Å². The first-order chi connectivity index (χ1) is 13.3. The Morgan fingerprint density at radius 2 is 1.96 bits per heavy atom. The molecule has 1 aromatic rings. The minimum absolute atomic E-state index is 0.0244. The Morgan fingerprint density at radius 3 is 2.68 bits per heavy atom. The van der Waals surface area contributed by atoms with Crippen LogP contribution in [0.15, 0.2) is 18.2 Å². The number of rotatable bonds is 6. The predicted octanol–water partition coefficient (Wildman–Crippen LogP) is 2.09. The number of likely N-dealkylation sites (tertiary alicyclic amines) is 2. The van der Waals surface area contributed by atoms with Crippen molar-refractivity contribution in [3.63, 3.8) is 0 Å². The fraction of sp³-hybridized carbons (Fsp3) is 0.667. The van der Waals surface area contributed by atoms with Gasteiger partial charge in [0.05, 0.1) is 0 Å². The van der Waals surface area contributed by atoms with Gasteiger partial charge < -0.3 is 19.8 Å². The van der Waals surface area contributed by atoms with Gasteiger partial charge in [0.2, 0.25) is 0 Å². The standard InChI is InChI=1S/C21H31F2N3O2/c1-24-11-7-16(8-12-24)13-25(2)15-21(28)9-4-10-26(20(21)27)14-17-5-3-6-18(22)19(17)23/h3,5-6,16,28H,4,7-15H2,1-2H3. The number of carbonyl (C=O) groups excluding carboxylic acids is 1. The van der Waals surface area contributed by atoms with Crippen molar-refractivity contribution in [2.45, 2.75) is 37.8 Å². The summed E-state index contributed by atoms with van der Waals surface area (Å²) in [5, 5.41) is 11.0. The lowest BCUT2D eigenvalue weighted by atomic mass is 9.90. The highest BCUT2D eigenvalue weighted by Crippen LogP contribution is 2.27. The largest absolute Gasteiger partial charge is 0.379 e. The van der Waals surface area contributed by atoms with Crippen molar-refractivity contribution in [1.29, 1.82) is 0 Å². The zero-order valence-corrected chi connectivity index (χ0v) is 16.8. The fourth-order valence-electron chi connectivity index (χ4n) is 4.44. The Labute approximate surface area is 165 Å². The fourth-order valence-corrected chi connectivity index (χ4v) is 4.44. The molecule has 7 heteroatoms. The van der Waals surface area contributed by atoms with Crippen molar-refractivity contribution in [3.05, 3.63) is 35.4 Å². The molecule has 2 saturated heterocycles. The van der Waals surface area contributed by atoms with Gasteiger partial charge in [-0.3, -0.25) is 4.79 Å². The molecule has 1 aromatic carbocycles. The average molecular weight is 395 g/mol. The van der Waals surface area contributed by atoms with E-state index >= 15 is 0 Å². The number of hydrogen-bond acceptors (Lipinski definition) is 4. The summed E-state index contributed by atoms with van der Waals surface area (Å²) in [6.45, 7) is 3.69. The number of piperidine rings is 2. The molecular formula is C21H31F2N3O2. The summed E-state index contributed by atoms with van der Waals surface area (Å²) >= 11 is 0. The van der Waals surface area contributed by atoms with E-state index < -0.39 is 23.1 Å². The molecule has 1 unspecified atom stereocenters. The molecule has 28 heavy (non-hydrogen) atoms. The lowest BCUT2D eigenvalue weighted by Crippen LogP contribution is -2.58. The van der Waals surface area contributed by atoms with Crippen molar-refractivity contribution in [2.75, 3.05) is 46.8 Å². The highest BCUT2D eigenvalue weighted by atomic mass is 19.2. The first kappa shape index (κ1) is 21.1. The van der Waals surface area contributed by atoms with E-state index in [1.54, 1.807) is 0 Å². The van der Waals surface area contributed by atoms with E-state index in [-0.39, 0.29) is 18.7 Å². The van der Waals surface area contributed by atoms with Crippen LogP contribution in [0, 0.1) is 17.6 Å². The SMILES string of the molecule is CN1CCC(CN(C)CC2(O)CCCN(Cc3cccc(F)c3F)C2=O)CC1. The summed E-state index contributed by atoms with van der Waals surface area (Å²) in [6, 6.07) is 3.97. The number of nitrogens with zero attached hydrogens (tertiary/aromatic N) is 3. The maximum atomic E-state index is 14.0. The van der Waals surface area contributed by atoms with E-state index in [0.717, 1.165) is 38.5 Å². The van der Waals surface area contributed by atoms with Gasteiger partial charge in [0.15, 0.2) is 17.2 Å². The van der Waals surface area contributed by atoms with Crippen molar-refractivity contribution < 1.29 is 18.7 Å². The number of amides is 1. The Bertz CT molecular complexity index is 694. The molecule has 1 amide bonds. The maximum Gasteiger partial charge on any atom is 0.256 e. The van der Waals surface area contributed by atoms with E-state index in [2.05, 4.69) is 11.9 Å². The van der Waals surface area contributed by atoms with Crippen LogP contribution in [0.2, 0.25) is 0 Å². The van der Waals surface area contributed by atoms with Crippen LogP contribution in [0.1, 0.15) is 31.2 Å². The molecule has 2 fully saturated rings. The van der Waals surface area contributed by atoms with Gasteiger partial charge in [-0.05, 0) is 64.9 Å². The van der Waals surface area contributed by atoms with Crippen LogP contribution in [-0.4, -0.2) is 78.1 Å². The van der Waals surface area contributed by atoms with Crippen molar-refractivity contribution >= 4 is 5.91 Å². The Kier molecular flexibility index (Phi) is 6.68. The lowest BCUT2D eigenvalue weighted by molar-refractivity contribution is -0.160. The van der Waals surface area contributed by atoms with Gasteiger partial charge in [0.1, 0.15) is 0 Å². The number of likely N-dealkylation sites (N-methyl/N-ethyl adjacent to an activating group) is 1. The molecule has 0 aromatic heterocycles. The maximum absolute atomic E-state index is 14.0. The number of benzene rings is 1. The summed E-state index contributed by atoms with van der Waals surface area (Å²) in [4.78, 5) is 18.8. The molecule has 5 nitrogen and oxygen atoms in total. The molecule has 3 rings (SSSR count). The number of halogens is 2. The zero-order valence-electron chi connectivity index (χ0n) is 16.8. The first-order valence-corrected chi connectivity index (χ1v) is 10.1. The van der Waals surface area contributed by atoms with Gasteiger partial charge in [-0.15, -0.1) is 0 Å². The molecule has 2 heterocycles. The number of carbonyl (C=O) groups is 1. The Balaban J connectivity index is 1.61. The smallest absolute Gasteiger partial charge is 0.256 e. The summed E-state index contributed by atoms with van der Waals surface area (Å²) in [5.74, 6) is -1.67. The molecule has 0 saturated carbocycles. The Morgan fingerprint density at radius 1 is 1.25 bits per heavy atom. The minimum atomic E-state index is -1.47. The van der Waals surface area contributed by atoms with Gasteiger partial charge >= 0.3 is 0 Å². The van der Waals surface area contributed by atoms with E-state index in [1.165, 1.54) is 17.0 Å². The Hall–Kier alpha value is -1.57. The van der Waals surface area contributed by atoms with Crippen molar-refractivity contribution in [3.8, 4) is 0 Å². The number of hydrogen-bond donors (Lipinski definition) is 1. The molecule has 0 aliphatic carbocycles. The van der Waals surface area contributed by atoms with Gasteiger partial charge in [-0.25, -0.2) is 8.78 Å². The van der Waals surface area contributed by atoms with E-state index in [0.29, 0.717) is 25.3 Å². The molecule has 2 aliphatic heterocycles. The number of aliphatic hydroxyl groups is 1. The molecule has 0 spiro atoms. The summed E-state index contributed by atoms with van der Waals surface area (Å²) in [6.07, 6.45) is 3.28.